The number of nitrogens with zero attached hydrogens (tertiary/aromatic N) is 2. The van der Waals surface area contributed by atoms with Crippen LogP contribution in [0.4, 0.5) is 5.82 Å². The lowest BCUT2D eigenvalue weighted by Crippen LogP contribution is -2.39. The van der Waals surface area contributed by atoms with Crippen molar-refractivity contribution in [1.82, 2.24) is 4.98 Å². The number of aromatic nitrogens is 1. The number of aryl methyl sites for hydroxylation is 1. The SMILES string of the molecule is Cc1cc(C=O)cnc1N(C)C1CCCCC1C. The molecule has 1 aliphatic rings. The molecular formula is C15H22N2O. The quantitative estimate of drug-likeness (QED) is 0.768. The zero-order valence-corrected chi connectivity index (χ0v) is 11.5. The van der Waals surface area contributed by atoms with Crippen LogP contribution in [-0.4, -0.2) is 24.4 Å². The van der Waals surface area contributed by atoms with Gasteiger partial charge in [0.1, 0.15) is 5.82 Å². The first kappa shape index (κ1) is 13.1. The Hall–Kier alpha value is -1.38. The number of carbonyl (C=O) groups excluding carboxylic acids is 1. The molecule has 3 nitrogen and oxygen atoms in total. The van der Waals surface area contributed by atoms with Crippen molar-refractivity contribution in [2.24, 2.45) is 5.92 Å². The van der Waals surface area contributed by atoms with Gasteiger partial charge in [-0.05, 0) is 37.3 Å². The summed E-state index contributed by atoms with van der Waals surface area (Å²) in [6.07, 6.45) is 7.73. The molecule has 0 saturated heterocycles. The first-order valence-electron chi connectivity index (χ1n) is 6.78. The molecule has 0 aliphatic heterocycles. The van der Waals surface area contributed by atoms with Gasteiger partial charge >= 0.3 is 0 Å². The molecule has 0 bridgehead atoms. The van der Waals surface area contributed by atoms with Crippen molar-refractivity contribution < 1.29 is 4.79 Å². The van der Waals surface area contributed by atoms with E-state index in [9.17, 15) is 4.79 Å². The van der Waals surface area contributed by atoms with Gasteiger partial charge in [-0.1, -0.05) is 19.8 Å². The average molecular weight is 246 g/mol. The van der Waals surface area contributed by atoms with Gasteiger partial charge in [-0.15, -0.1) is 0 Å². The highest BCUT2D eigenvalue weighted by atomic mass is 16.1. The third kappa shape index (κ3) is 2.55. The monoisotopic (exact) mass is 246 g/mol. The van der Waals surface area contributed by atoms with Crippen LogP contribution in [0.25, 0.3) is 0 Å². The number of aldehydes is 1. The summed E-state index contributed by atoms with van der Waals surface area (Å²) in [6, 6.07) is 2.49. The summed E-state index contributed by atoms with van der Waals surface area (Å²) in [5, 5.41) is 0. The molecule has 0 radical (unpaired) electrons. The van der Waals surface area contributed by atoms with Crippen molar-refractivity contribution in [2.75, 3.05) is 11.9 Å². The highest BCUT2D eigenvalue weighted by Gasteiger charge is 2.26. The third-order valence-corrected chi connectivity index (χ3v) is 4.11. The molecule has 1 saturated carbocycles. The minimum atomic E-state index is 0.576. The molecule has 18 heavy (non-hydrogen) atoms. The summed E-state index contributed by atoms with van der Waals surface area (Å²) in [5.74, 6) is 1.73. The normalized spacial score (nSPS) is 23.7. The zero-order valence-electron chi connectivity index (χ0n) is 11.5. The van der Waals surface area contributed by atoms with Gasteiger partial charge < -0.3 is 4.90 Å². The van der Waals surface area contributed by atoms with Crippen molar-refractivity contribution in [3.05, 3.63) is 23.4 Å². The highest BCUT2D eigenvalue weighted by molar-refractivity contribution is 5.75. The van der Waals surface area contributed by atoms with Gasteiger partial charge in [-0.25, -0.2) is 4.98 Å². The van der Waals surface area contributed by atoms with Crippen molar-refractivity contribution >= 4 is 12.1 Å². The first-order valence-corrected chi connectivity index (χ1v) is 6.78. The fourth-order valence-corrected chi connectivity index (χ4v) is 3.05. The van der Waals surface area contributed by atoms with Crippen LogP contribution >= 0.6 is 0 Å². The summed E-state index contributed by atoms with van der Waals surface area (Å²) < 4.78 is 0. The van der Waals surface area contributed by atoms with Crippen LogP contribution in [0.5, 0.6) is 0 Å². The van der Waals surface area contributed by atoms with Gasteiger partial charge in [-0.2, -0.15) is 0 Å². The second kappa shape index (κ2) is 5.51. The van der Waals surface area contributed by atoms with Crippen LogP contribution in [-0.2, 0) is 0 Å². The summed E-state index contributed by atoms with van der Waals surface area (Å²) >= 11 is 0. The minimum absolute atomic E-state index is 0.576. The zero-order chi connectivity index (χ0) is 13.1. The minimum Gasteiger partial charge on any atom is -0.356 e. The maximum absolute atomic E-state index is 10.7. The van der Waals surface area contributed by atoms with E-state index in [1.54, 1.807) is 6.20 Å². The van der Waals surface area contributed by atoms with E-state index >= 15 is 0 Å². The van der Waals surface area contributed by atoms with E-state index in [1.165, 1.54) is 25.7 Å². The van der Waals surface area contributed by atoms with Gasteiger partial charge in [0.05, 0.1) is 0 Å². The predicted octanol–water partition coefficient (Wildman–Crippen LogP) is 3.22. The molecule has 1 fully saturated rings. The number of hydrogen-bond donors (Lipinski definition) is 0. The Morgan fingerprint density at radius 2 is 2.11 bits per heavy atom. The van der Waals surface area contributed by atoms with Gasteiger partial charge in [0, 0.05) is 24.8 Å². The first-order chi connectivity index (χ1) is 8.63. The summed E-state index contributed by atoms with van der Waals surface area (Å²) in [5.41, 5.74) is 1.74. The van der Waals surface area contributed by atoms with E-state index in [0.717, 1.165) is 23.6 Å². The number of pyridine rings is 1. The van der Waals surface area contributed by atoms with Crippen LogP contribution in [0.15, 0.2) is 12.3 Å². The number of carbonyl (C=O) groups is 1. The molecule has 1 aliphatic carbocycles. The van der Waals surface area contributed by atoms with Crippen molar-refractivity contribution in [2.45, 2.75) is 45.6 Å². The van der Waals surface area contributed by atoms with E-state index < -0.39 is 0 Å². The summed E-state index contributed by atoms with van der Waals surface area (Å²) in [4.78, 5) is 17.5. The molecule has 1 aromatic heterocycles. The smallest absolute Gasteiger partial charge is 0.151 e. The number of rotatable bonds is 3. The lowest BCUT2D eigenvalue weighted by molar-refractivity contribution is 0.112. The van der Waals surface area contributed by atoms with Crippen molar-refractivity contribution in [1.29, 1.82) is 0 Å². The van der Waals surface area contributed by atoms with Crippen LogP contribution in [0.2, 0.25) is 0 Å². The topological polar surface area (TPSA) is 33.2 Å². The average Bonchev–Trinajstić information content (AvgIpc) is 2.38. The standard InChI is InChI=1S/C15H22N2O/c1-11-6-4-5-7-14(11)17(3)15-12(2)8-13(10-18)9-16-15/h8-11,14H,4-7H2,1-3H3. The Balaban J connectivity index is 2.22. The Bertz CT molecular complexity index is 431. The largest absolute Gasteiger partial charge is 0.356 e. The van der Waals surface area contributed by atoms with Crippen LogP contribution < -0.4 is 4.90 Å². The van der Waals surface area contributed by atoms with E-state index in [4.69, 9.17) is 0 Å². The predicted molar refractivity (Wildman–Crippen MR) is 74.2 cm³/mol. The van der Waals surface area contributed by atoms with Gasteiger partial charge in [0.2, 0.25) is 0 Å². The van der Waals surface area contributed by atoms with Gasteiger partial charge in [0.15, 0.2) is 6.29 Å². The summed E-state index contributed by atoms with van der Waals surface area (Å²) in [6.45, 7) is 4.36. The Morgan fingerprint density at radius 3 is 2.72 bits per heavy atom. The Morgan fingerprint density at radius 1 is 1.39 bits per heavy atom. The Labute approximate surface area is 109 Å². The molecule has 0 amide bonds. The maximum Gasteiger partial charge on any atom is 0.151 e. The molecule has 0 spiro atoms. The fraction of sp³-hybridized carbons (Fsp3) is 0.600. The van der Waals surface area contributed by atoms with Crippen molar-refractivity contribution in [3.63, 3.8) is 0 Å². The highest BCUT2D eigenvalue weighted by Crippen LogP contribution is 2.30. The molecule has 2 atom stereocenters. The lowest BCUT2D eigenvalue weighted by atomic mass is 9.85. The molecule has 0 aromatic carbocycles. The van der Waals surface area contributed by atoms with Crippen molar-refractivity contribution in [3.8, 4) is 0 Å². The molecule has 1 aromatic rings. The number of hydrogen-bond acceptors (Lipinski definition) is 3. The van der Waals surface area contributed by atoms with Crippen LogP contribution in [0.1, 0.15) is 48.5 Å². The molecule has 0 N–H and O–H groups in total. The van der Waals surface area contributed by atoms with E-state index in [-0.39, 0.29) is 0 Å². The van der Waals surface area contributed by atoms with E-state index in [0.29, 0.717) is 11.6 Å². The van der Waals surface area contributed by atoms with Gasteiger partial charge in [0.25, 0.3) is 0 Å². The molecule has 3 heteroatoms. The van der Waals surface area contributed by atoms with Crippen LogP contribution in [0, 0.1) is 12.8 Å². The molecule has 2 rings (SSSR count). The fourth-order valence-electron chi connectivity index (χ4n) is 3.05. The molecule has 98 valence electrons. The van der Waals surface area contributed by atoms with E-state index in [1.807, 2.05) is 13.0 Å². The molecular weight excluding hydrogens is 224 g/mol. The van der Waals surface area contributed by atoms with Gasteiger partial charge in [-0.3, -0.25) is 4.79 Å². The third-order valence-electron chi connectivity index (χ3n) is 4.11. The lowest BCUT2D eigenvalue weighted by Gasteiger charge is -2.37. The molecule has 2 unspecified atom stereocenters. The molecule has 1 heterocycles. The number of anilines is 1. The van der Waals surface area contributed by atoms with Crippen LogP contribution in [0.3, 0.4) is 0 Å². The second-order valence-electron chi connectivity index (χ2n) is 5.47. The Kier molecular flexibility index (Phi) is 4.00. The summed E-state index contributed by atoms with van der Waals surface area (Å²) in [7, 11) is 2.13. The maximum atomic E-state index is 10.7. The van der Waals surface area contributed by atoms with E-state index in [2.05, 4.69) is 23.9 Å². The second-order valence-corrected chi connectivity index (χ2v) is 5.47.